The number of carboxylic acid groups (broad SMARTS) is 1. The lowest BCUT2D eigenvalue weighted by atomic mass is 10.1. The van der Waals surface area contributed by atoms with Gasteiger partial charge in [0.1, 0.15) is 11.6 Å². The third kappa shape index (κ3) is 2.61. The van der Waals surface area contributed by atoms with E-state index in [0.717, 1.165) is 12.1 Å². The number of benzene rings is 1. The van der Waals surface area contributed by atoms with E-state index in [-0.39, 0.29) is 10.5 Å². The number of rotatable bonds is 3. The Labute approximate surface area is 94.5 Å². The minimum atomic E-state index is -3.20. The molecule has 0 radical (unpaired) electrons. The first kappa shape index (κ1) is 12.3. The summed E-state index contributed by atoms with van der Waals surface area (Å²) in [6, 6.07) is 3.74. The number of ether oxygens (including phenoxy) is 1. The minimum Gasteiger partial charge on any atom is -0.478 e. The summed E-state index contributed by atoms with van der Waals surface area (Å²) in [4.78, 5) is 10.9. The molecule has 0 fully saturated rings. The van der Waals surface area contributed by atoms with Gasteiger partial charge >= 0.3 is 12.6 Å². The highest BCUT2D eigenvalue weighted by atomic mass is 32.1. The van der Waals surface area contributed by atoms with Crippen molar-refractivity contribution in [1.29, 1.82) is 5.26 Å². The molecular formula is C9H5F2NO3S. The molecule has 0 saturated heterocycles. The topological polar surface area (TPSA) is 70.3 Å². The zero-order valence-electron chi connectivity index (χ0n) is 7.65. The summed E-state index contributed by atoms with van der Waals surface area (Å²) in [5.74, 6) is -2.12. The number of aromatic carboxylic acids is 1. The van der Waals surface area contributed by atoms with Crippen LogP contribution >= 0.6 is 12.6 Å². The number of alkyl halides is 2. The summed E-state index contributed by atoms with van der Waals surface area (Å²) in [5.41, 5.74) is -0.824. The molecule has 0 aromatic heterocycles. The monoisotopic (exact) mass is 245 g/mol. The van der Waals surface area contributed by atoms with Crippen LogP contribution in [-0.2, 0) is 0 Å². The van der Waals surface area contributed by atoms with Gasteiger partial charge in [0.05, 0.1) is 5.56 Å². The summed E-state index contributed by atoms with van der Waals surface area (Å²) in [6.45, 7) is -3.20. The molecule has 7 heteroatoms. The normalized spacial score (nSPS) is 9.94. The van der Waals surface area contributed by atoms with Crippen molar-refractivity contribution in [3.63, 3.8) is 0 Å². The number of hydrogen-bond acceptors (Lipinski definition) is 4. The third-order valence-electron chi connectivity index (χ3n) is 1.63. The lowest BCUT2D eigenvalue weighted by molar-refractivity contribution is -0.0505. The predicted octanol–water partition coefficient (Wildman–Crippen LogP) is 2.15. The van der Waals surface area contributed by atoms with Crippen LogP contribution in [0.1, 0.15) is 15.9 Å². The maximum Gasteiger partial charge on any atom is 0.387 e. The summed E-state index contributed by atoms with van der Waals surface area (Å²) >= 11 is 3.85. The molecule has 0 atom stereocenters. The van der Waals surface area contributed by atoms with E-state index < -0.39 is 23.9 Å². The number of thiol groups is 1. The van der Waals surface area contributed by atoms with Crippen molar-refractivity contribution in [3.05, 3.63) is 23.3 Å². The number of halogens is 2. The van der Waals surface area contributed by atoms with Crippen LogP contribution in [0.5, 0.6) is 5.75 Å². The van der Waals surface area contributed by atoms with Crippen molar-refractivity contribution in [1.82, 2.24) is 0 Å². The second-order valence-electron chi connectivity index (χ2n) is 2.67. The third-order valence-corrected chi connectivity index (χ3v) is 1.89. The maximum absolute atomic E-state index is 12.0. The van der Waals surface area contributed by atoms with Gasteiger partial charge in [-0.1, -0.05) is 0 Å². The molecule has 1 rings (SSSR count). The SMILES string of the molecule is N#Cc1cc(S)cc(C(=O)O)c1OC(F)F. The Bertz CT molecular complexity index is 471. The highest BCUT2D eigenvalue weighted by Crippen LogP contribution is 2.28. The molecular weight excluding hydrogens is 240 g/mol. The Balaban J connectivity index is 3.40. The van der Waals surface area contributed by atoms with Crippen molar-refractivity contribution in [2.75, 3.05) is 0 Å². The van der Waals surface area contributed by atoms with Crippen molar-refractivity contribution in [3.8, 4) is 11.8 Å². The first-order valence-corrected chi connectivity index (χ1v) is 4.35. The fourth-order valence-corrected chi connectivity index (χ4v) is 1.33. The summed E-state index contributed by atoms with van der Waals surface area (Å²) in [7, 11) is 0. The van der Waals surface area contributed by atoms with Crippen molar-refractivity contribution >= 4 is 18.6 Å². The quantitative estimate of drug-likeness (QED) is 0.800. The van der Waals surface area contributed by atoms with Crippen LogP contribution < -0.4 is 4.74 Å². The Morgan fingerprint density at radius 2 is 2.19 bits per heavy atom. The molecule has 0 aliphatic heterocycles. The highest BCUT2D eigenvalue weighted by molar-refractivity contribution is 7.80. The minimum absolute atomic E-state index is 0.176. The van der Waals surface area contributed by atoms with E-state index in [1.54, 1.807) is 6.07 Å². The van der Waals surface area contributed by atoms with Crippen LogP contribution in [-0.4, -0.2) is 17.7 Å². The smallest absolute Gasteiger partial charge is 0.387 e. The molecule has 84 valence electrons. The van der Waals surface area contributed by atoms with Crippen molar-refractivity contribution in [2.24, 2.45) is 0 Å². The second-order valence-corrected chi connectivity index (χ2v) is 3.18. The number of nitriles is 1. The average Bonchev–Trinajstić information content (AvgIpc) is 2.19. The van der Waals surface area contributed by atoms with Gasteiger partial charge in [-0.15, -0.1) is 12.6 Å². The van der Waals surface area contributed by atoms with Gasteiger partial charge in [-0.3, -0.25) is 0 Å². The van der Waals surface area contributed by atoms with E-state index in [0.29, 0.717) is 0 Å². The summed E-state index contributed by atoms with van der Waals surface area (Å²) < 4.78 is 28.1. The van der Waals surface area contributed by atoms with Gasteiger partial charge in [-0.25, -0.2) is 4.79 Å². The molecule has 1 aromatic carbocycles. The first-order valence-electron chi connectivity index (χ1n) is 3.91. The van der Waals surface area contributed by atoms with E-state index in [2.05, 4.69) is 17.4 Å². The standard InChI is InChI=1S/C9H5F2NO3S/c10-9(11)15-7-4(3-12)1-5(16)2-6(7)8(13)14/h1-2,9,16H,(H,13,14). The second kappa shape index (κ2) is 4.81. The molecule has 16 heavy (non-hydrogen) atoms. The molecule has 0 heterocycles. The van der Waals surface area contributed by atoms with E-state index in [1.807, 2.05) is 0 Å². The summed E-state index contributed by atoms with van der Waals surface area (Å²) in [5, 5.41) is 17.4. The van der Waals surface area contributed by atoms with Crippen LogP contribution in [0.3, 0.4) is 0 Å². The van der Waals surface area contributed by atoms with Crippen LogP contribution in [0.15, 0.2) is 17.0 Å². The highest BCUT2D eigenvalue weighted by Gasteiger charge is 2.20. The van der Waals surface area contributed by atoms with Gasteiger partial charge in [0.15, 0.2) is 5.75 Å². The molecule has 1 aromatic rings. The Morgan fingerprint density at radius 1 is 1.56 bits per heavy atom. The van der Waals surface area contributed by atoms with Crippen LogP contribution in [0.25, 0.3) is 0 Å². The van der Waals surface area contributed by atoms with Crippen LogP contribution in [0, 0.1) is 11.3 Å². The van der Waals surface area contributed by atoms with Crippen LogP contribution in [0.2, 0.25) is 0 Å². The molecule has 0 amide bonds. The largest absolute Gasteiger partial charge is 0.478 e. The average molecular weight is 245 g/mol. The van der Waals surface area contributed by atoms with E-state index in [4.69, 9.17) is 10.4 Å². The van der Waals surface area contributed by atoms with Gasteiger partial charge in [0.2, 0.25) is 0 Å². The van der Waals surface area contributed by atoms with Gasteiger partial charge in [0.25, 0.3) is 0 Å². The first-order chi connectivity index (χ1) is 7.45. The van der Waals surface area contributed by atoms with E-state index >= 15 is 0 Å². The predicted molar refractivity (Wildman–Crippen MR) is 52.0 cm³/mol. The van der Waals surface area contributed by atoms with Gasteiger partial charge in [-0.2, -0.15) is 14.0 Å². The lowest BCUT2D eigenvalue weighted by Crippen LogP contribution is -2.09. The molecule has 0 unspecified atom stereocenters. The summed E-state index contributed by atoms with van der Waals surface area (Å²) in [6.07, 6.45) is 0. The Kier molecular flexibility index (Phi) is 3.68. The zero-order chi connectivity index (χ0) is 12.3. The Hall–Kier alpha value is -1.81. The molecule has 0 aliphatic carbocycles. The number of nitrogens with zero attached hydrogens (tertiary/aromatic N) is 1. The van der Waals surface area contributed by atoms with Crippen LogP contribution in [0.4, 0.5) is 8.78 Å². The van der Waals surface area contributed by atoms with Gasteiger partial charge < -0.3 is 9.84 Å². The molecule has 1 N–H and O–H groups in total. The molecule has 0 spiro atoms. The van der Waals surface area contributed by atoms with Crippen molar-refractivity contribution in [2.45, 2.75) is 11.5 Å². The molecule has 4 nitrogen and oxygen atoms in total. The lowest BCUT2D eigenvalue weighted by Gasteiger charge is -2.10. The molecule has 0 aliphatic rings. The number of carbonyl (C=O) groups is 1. The van der Waals surface area contributed by atoms with Gasteiger partial charge in [0, 0.05) is 4.90 Å². The van der Waals surface area contributed by atoms with E-state index in [1.165, 1.54) is 0 Å². The number of hydrogen-bond donors (Lipinski definition) is 2. The molecule has 0 bridgehead atoms. The zero-order valence-corrected chi connectivity index (χ0v) is 8.54. The fraction of sp³-hybridized carbons (Fsp3) is 0.111. The maximum atomic E-state index is 12.0. The van der Waals surface area contributed by atoms with Crippen molar-refractivity contribution < 1.29 is 23.4 Å². The Morgan fingerprint density at radius 3 is 2.62 bits per heavy atom. The molecule has 0 saturated carbocycles. The van der Waals surface area contributed by atoms with E-state index in [9.17, 15) is 13.6 Å². The fourth-order valence-electron chi connectivity index (χ4n) is 1.07. The number of carboxylic acids is 1. The van der Waals surface area contributed by atoms with Gasteiger partial charge in [-0.05, 0) is 12.1 Å².